The lowest BCUT2D eigenvalue weighted by molar-refractivity contribution is -0.123. The molecule has 0 unspecified atom stereocenters. The highest BCUT2D eigenvalue weighted by molar-refractivity contribution is 9.10. The molecule has 4 rings (SSSR count). The van der Waals surface area contributed by atoms with E-state index < -0.39 is 0 Å². The standard InChI is InChI=1S/C24H20BrNO4S/c1-29-13-12-26-23(27)22(31-24(26)28)14-20-19-5-3-2-4-17(19)8-11-21(20)30-15-16-6-9-18(25)10-7-16/h2-11,14H,12-13,15H2,1H3/b22-14+. The number of halogens is 1. The van der Waals surface area contributed by atoms with E-state index in [-0.39, 0.29) is 17.7 Å². The summed E-state index contributed by atoms with van der Waals surface area (Å²) in [6, 6.07) is 19.7. The number of hydrogen-bond acceptors (Lipinski definition) is 5. The van der Waals surface area contributed by atoms with Gasteiger partial charge in [0.15, 0.2) is 0 Å². The third kappa shape index (κ3) is 4.84. The number of ether oxygens (including phenoxy) is 2. The highest BCUT2D eigenvalue weighted by atomic mass is 79.9. The molecule has 1 aliphatic rings. The number of carbonyl (C=O) groups is 2. The van der Waals surface area contributed by atoms with E-state index in [1.54, 1.807) is 13.2 Å². The van der Waals surface area contributed by atoms with Crippen LogP contribution in [0.5, 0.6) is 5.75 Å². The lowest BCUT2D eigenvalue weighted by Gasteiger charge is -2.13. The minimum atomic E-state index is -0.307. The van der Waals surface area contributed by atoms with Crippen LogP contribution >= 0.6 is 27.7 Å². The molecule has 7 heteroatoms. The highest BCUT2D eigenvalue weighted by Crippen LogP contribution is 2.37. The Bertz CT molecular complexity index is 1160. The molecule has 158 valence electrons. The van der Waals surface area contributed by atoms with Crippen molar-refractivity contribution in [2.45, 2.75) is 6.61 Å². The Balaban J connectivity index is 1.69. The SMILES string of the molecule is COCCN1C(=O)S/C(=C/c2c(OCc3ccc(Br)cc3)ccc3ccccc23)C1=O. The second-order valence-corrected chi connectivity index (χ2v) is 8.85. The predicted molar refractivity (Wildman–Crippen MR) is 127 cm³/mol. The molecule has 0 radical (unpaired) electrons. The average molecular weight is 498 g/mol. The van der Waals surface area contributed by atoms with Gasteiger partial charge in [-0.2, -0.15) is 0 Å². The zero-order valence-corrected chi connectivity index (χ0v) is 19.2. The van der Waals surface area contributed by atoms with Gasteiger partial charge < -0.3 is 9.47 Å². The van der Waals surface area contributed by atoms with Gasteiger partial charge in [-0.05, 0) is 52.4 Å². The first-order chi connectivity index (χ1) is 15.1. The monoisotopic (exact) mass is 497 g/mol. The molecule has 1 saturated heterocycles. The van der Waals surface area contributed by atoms with Gasteiger partial charge in [-0.3, -0.25) is 14.5 Å². The summed E-state index contributed by atoms with van der Waals surface area (Å²) in [6.07, 6.45) is 1.76. The molecule has 3 aromatic carbocycles. The fraction of sp³-hybridized carbons (Fsp3) is 0.167. The number of methoxy groups -OCH3 is 1. The van der Waals surface area contributed by atoms with Gasteiger partial charge in [-0.15, -0.1) is 0 Å². The fourth-order valence-electron chi connectivity index (χ4n) is 3.30. The Morgan fingerprint density at radius 3 is 2.58 bits per heavy atom. The van der Waals surface area contributed by atoms with E-state index in [0.29, 0.717) is 23.9 Å². The van der Waals surface area contributed by atoms with Crippen molar-refractivity contribution < 1.29 is 19.1 Å². The summed E-state index contributed by atoms with van der Waals surface area (Å²) in [4.78, 5) is 26.7. The summed E-state index contributed by atoms with van der Waals surface area (Å²) < 4.78 is 12.2. The summed E-state index contributed by atoms with van der Waals surface area (Å²) in [6.45, 7) is 0.934. The molecule has 1 aliphatic heterocycles. The number of amides is 2. The summed E-state index contributed by atoms with van der Waals surface area (Å²) >= 11 is 4.38. The molecular weight excluding hydrogens is 478 g/mol. The van der Waals surface area contributed by atoms with Crippen molar-refractivity contribution in [1.29, 1.82) is 0 Å². The van der Waals surface area contributed by atoms with Crippen LogP contribution in [0.2, 0.25) is 0 Å². The van der Waals surface area contributed by atoms with Crippen molar-refractivity contribution in [1.82, 2.24) is 4.90 Å². The van der Waals surface area contributed by atoms with Crippen LogP contribution in [0, 0.1) is 0 Å². The molecule has 0 aromatic heterocycles. The van der Waals surface area contributed by atoms with E-state index in [2.05, 4.69) is 15.9 Å². The minimum Gasteiger partial charge on any atom is -0.488 e. The van der Waals surface area contributed by atoms with Gasteiger partial charge in [0.25, 0.3) is 11.1 Å². The Kier molecular flexibility index (Phi) is 6.75. The molecule has 0 atom stereocenters. The number of rotatable bonds is 7. The highest BCUT2D eigenvalue weighted by Gasteiger charge is 2.35. The van der Waals surface area contributed by atoms with Gasteiger partial charge in [0, 0.05) is 17.1 Å². The molecule has 2 amide bonds. The second-order valence-electron chi connectivity index (χ2n) is 6.94. The Morgan fingerprint density at radius 2 is 1.81 bits per heavy atom. The minimum absolute atomic E-state index is 0.237. The zero-order valence-electron chi connectivity index (χ0n) is 16.8. The first-order valence-corrected chi connectivity index (χ1v) is 11.3. The average Bonchev–Trinajstić information content (AvgIpc) is 3.05. The largest absolute Gasteiger partial charge is 0.488 e. The molecule has 31 heavy (non-hydrogen) atoms. The van der Waals surface area contributed by atoms with E-state index in [9.17, 15) is 9.59 Å². The predicted octanol–water partition coefficient (Wildman–Crippen LogP) is 5.86. The molecule has 0 saturated carbocycles. The number of fused-ring (bicyclic) bond motifs is 1. The number of hydrogen-bond donors (Lipinski definition) is 0. The number of imide groups is 1. The summed E-state index contributed by atoms with van der Waals surface area (Å²) in [5.74, 6) is 0.351. The maximum Gasteiger partial charge on any atom is 0.293 e. The van der Waals surface area contributed by atoms with Gasteiger partial charge in [0.1, 0.15) is 12.4 Å². The maximum atomic E-state index is 12.8. The van der Waals surface area contributed by atoms with Crippen LogP contribution in [0.4, 0.5) is 4.79 Å². The first kappa shape index (κ1) is 21.6. The third-order valence-electron chi connectivity index (χ3n) is 4.91. The molecule has 0 aliphatic carbocycles. The lowest BCUT2D eigenvalue weighted by atomic mass is 10.0. The van der Waals surface area contributed by atoms with Gasteiger partial charge in [-0.1, -0.05) is 58.4 Å². The van der Waals surface area contributed by atoms with Crippen LogP contribution in [-0.4, -0.2) is 36.3 Å². The van der Waals surface area contributed by atoms with E-state index in [0.717, 1.165) is 38.1 Å². The molecule has 1 fully saturated rings. The smallest absolute Gasteiger partial charge is 0.293 e. The molecule has 0 spiro atoms. The molecule has 3 aromatic rings. The molecule has 0 N–H and O–H groups in total. The Labute approximate surface area is 193 Å². The first-order valence-electron chi connectivity index (χ1n) is 9.70. The normalized spacial score (nSPS) is 15.3. The topological polar surface area (TPSA) is 55.8 Å². The van der Waals surface area contributed by atoms with Crippen molar-refractivity contribution >= 4 is 55.7 Å². The summed E-state index contributed by atoms with van der Waals surface area (Å²) in [5, 5.41) is 1.70. The van der Waals surface area contributed by atoms with Crippen LogP contribution in [-0.2, 0) is 16.1 Å². The van der Waals surface area contributed by atoms with Crippen molar-refractivity contribution in [3.8, 4) is 5.75 Å². The van der Waals surface area contributed by atoms with Crippen LogP contribution in [0.15, 0.2) is 70.0 Å². The van der Waals surface area contributed by atoms with Crippen LogP contribution in [0.3, 0.4) is 0 Å². The summed E-state index contributed by atoms with van der Waals surface area (Å²) in [5.41, 5.74) is 1.81. The molecule has 1 heterocycles. The lowest BCUT2D eigenvalue weighted by Crippen LogP contribution is -2.31. The van der Waals surface area contributed by atoms with Crippen LogP contribution in [0.1, 0.15) is 11.1 Å². The zero-order chi connectivity index (χ0) is 21.8. The molecular formula is C24H20BrNO4S. The number of nitrogens with zero attached hydrogens (tertiary/aromatic N) is 1. The van der Waals surface area contributed by atoms with Gasteiger partial charge >= 0.3 is 0 Å². The fourth-order valence-corrected chi connectivity index (χ4v) is 4.41. The molecule has 0 bridgehead atoms. The van der Waals surface area contributed by atoms with E-state index in [1.807, 2.05) is 60.7 Å². The van der Waals surface area contributed by atoms with Gasteiger partial charge in [-0.25, -0.2) is 0 Å². The van der Waals surface area contributed by atoms with Crippen molar-refractivity contribution in [3.63, 3.8) is 0 Å². The van der Waals surface area contributed by atoms with Gasteiger partial charge in [0.2, 0.25) is 0 Å². The second kappa shape index (κ2) is 9.68. The Hall–Kier alpha value is -2.61. The van der Waals surface area contributed by atoms with Crippen molar-refractivity contribution in [2.24, 2.45) is 0 Å². The van der Waals surface area contributed by atoms with Crippen molar-refractivity contribution in [2.75, 3.05) is 20.3 Å². The van der Waals surface area contributed by atoms with Crippen molar-refractivity contribution in [3.05, 3.63) is 81.2 Å². The molecule has 5 nitrogen and oxygen atoms in total. The van der Waals surface area contributed by atoms with E-state index in [1.165, 1.54) is 4.90 Å². The summed E-state index contributed by atoms with van der Waals surface area (Å²) in [7, 11) is 1.54. The number of thioether (sulfide) groups is 1. The maximum absolute atomic E-state index is 12.8. The quantitative estimate of drug-likeness (QED) is 0.382. The van der Waals surface area contributed by atoms with Crippen LogP contribution in [0.25, 0.3) is 16.8 Å². The number of benzene rings is 3. The Morgan fingerprint density at radius 1 is 1.03 bits per heavy atom. The van der Waals surface area contributed by atoms with Crippen LogP contribution < -0.4 is 4.74 Å². The van der Waals surface area contributed by atoms with E-state index >= 15 is 0 Å². The van der Waals surface area contributed by atoms with E-state index in [4.69, 9.17) is 9.47 Å². The number of carbonyl (C=O) groups excluding carboxylic acids is 2. The van der Waals surface area contributed by atoms with Gasteiger partial charge in [0.05, 0.1) is 18.1 Å². The third-order valence-corrected chi connectivity index (χ3v) is 6.34.